The molecule has 0 aliphatic heterocycles. The Morgan fingerprint density at radius 3 is 1.34 bits per heavy atom. The number of hydrogen-bond acceptors (Lipinski definition) is 8. The Hall–Kier alpha value is -5.10. The first-order valence-corrected chi connectivity index (χ1v) is 14.4. The molecule has 2 N–H and O–H groups in total. The molecule has 0 aromatic heterocycles. The number of hydrogen-bond donors (Lipinski definition) is 2. The number of carbonyl (C=O) groups is 4. The van der Waals surface area contributed by atoms with Crippen LogP contribution in [-0.4, -0.2) is 86.3 Å². The Morgan fingerprint density at radius 2 is 1.02 bits per heavy atom. The fourth-order valence-corrected chi connectivity index (χ4v) is 4.46. The van der Waals surface area contributed by atoms with Gasteiger partial charge in [-0.05, 0) is 24.0 Å². The van der Waals surface area contributed by atoms with E-state index >= 15 is 0 Å². The summed E-state index contributed by atoms with van der Waals surface area (Å²) in [5, 5.41) is 23.7. The molecule has 2 aromatic carbocycles. The number of ether oxygens (including phenoxy) is 2. The van der Waals surface area contributed by atoms with E-state index in [2.05, 4.69) is 10.6 Å². The highest BCUT2D eigenvalue weighted by molar-refractivity contribution is 5.84. The molecule has 12 heteroatoms. The lowest BCUT2D eigenvalue weighted by Gasteiger charge is -2.27. The van der Waals surface area contributed by atoms with Gasteiger partial charge in [-0.1, -0.05) is 60.7 Å². The van der Waals surface area contributed by atoms with Gasteiger partial charge in [-0.25, -0.2) is 19.2 Å². The van der Waals surface area contributed by atoms with Crippen LogP contribution in [-0.2, 0) is 31.9 Å². The maximum Gasteiger partial charge on any atom is 0.328 e. The van der Waals surface area contributed by atoms with Crippen molar-refractivity contribution in [3.63, 3.8) is 0 Å². The molecular weight excluding hydrogens is 564 g/mol. The zero-order chi connectivity index (χ0) is 32.2. The lowest BCUT2D eigenvalue weighted by Crippen LogP contribution is -2.50. The van der Waals surface area contributed by atoms with Gasteiger partial charge >= 0.3 is 24.0 Å². The van der Waals surface area contributed by atoms with Gasteiger partial charge in [0.15, 0.2) is 0 Å². The molecule has 2 unspecified atom stereocenters. The quantitative estimate of drug-likeness (QED) is 0.205. The molecule has 44 heavy (non-hydrogen) atoms. The van der Waals surface area contributed by atoms with Crippen LogP contribution >= 0.6 is 0 Å². The molecule has 2 aromatic rings. The third kappa shape index (κ3) is 12.4. The first-order chi connectivity index (χ1) is 21.3. The van der Waals surface area contributed by atoms with Gasteiger partial charge in [-0.2, -0.15) is 10.5 Å². The fourth-order valence-electron chi connectivity index (χ4n) is 4.46. The molecule has 0 fully saturated rings. The Kier molecular flexibility index (Phi) is 15.9. The van der Waals surface area contributed by atoms with Crippen LogP contribution in [0.25, 0.3) is 0 Å². The Morgan fingerprint density at radius 1 is 0.659 bits per heavy atom. The molecule has 12 nitrogen and oxygen atoms in total. The summed E-state index contributed by atoms with van der Waals surface area (Å²) in [6.45, 7) is 0.833. The number of nitrogens with zero attached hydrogens (tertiary/aromatic N) is 4. The molecule has 2 atom stereocenters. The van der Waals surface area contributed by atoms with Gasteiger partial charge in [-0.15, -0.1) is 0 Å². The van der Waals surface area contributed by atoms with E-state index in [0.717, 1.165) is 11.1 Å². The summed E-state index contributed by atoms with van der Waals surface area (Å²) >= 11 is 0. The Balaban J connectivity index is 2.01. The summed E-state index contributed by atoms with van der Waals surface area (Å²) in [5.41, 5.74) is 1.70. The minimum atomic E-state index is -0.914. The second kappa shape index (κ2) is 19.9. The number of amides is 4. The van der Waals surface area contributed by atoms with Gasteiger partial charge < -0.3 is 29.9 Å². The van der Waals surface area contributed by atoms with Crippen LogP contribution in [0.5, 0.6) is 0 Å². The summed E-state index contributed by atoms with van der Waals surface area (Å²) in [6.07, 6.45) is 1.63. The van der Waals surface area contributed by atoms with Crippen molar-refractivity contribution in [1.82, 2.24) is 20.4 Å². The minimum Gasteiger partial charge on any atom is -0.467 e. The fraction of sp³-hybridized carbons (Fsp3) is 0.438. The maximum atomic E-state index is 13.2. The van der Waals surface area contributed by atoms with Gasteiger partial charge in [-0.3, -0.25) is 0 Å². The van der Waals surface area contributed by atoms with Crippen molar-refractivity contribution in [1.29, 1.82) is 10.5 Å². The van der Waals surface area contributed by atoms with Gasteiger partial charge in [0.25, 0.3) is 0 Å². The largest absolute Gasteiger partial charge is 0.467 e. The predicted octanol–water partition coefficient (Wildman–Crippen LogP) is 3.19. The molecule has 0 aliphatic carbocycles. The molecule has 0 aliphatic rings. The van der Waals surface area contributed by atoms with Crippen LogP contribution in [0.1, 0.15) is 36.8 Å². The number of rotatable bonds is 17. The summed E-state index contributed by atoms with van der Waals surface area (Å²) in [7, 11) is 2.51. The number of nitrogens with one attached hydrogen (secondary N) is 2. The number of unbranched alkanes of at least 4 members (excludes halogenated alkanes) is 1. The number of urea groups is 2. The summed E-state index contributed by atoms with van der Waals surface area (Å²) in [4.78, 5) is 54.0. The van der Waals surface area contributed by atoms with E-state index in [1.807, 2.05) is 72.8 Å². The van der Waals surface area contributed by atoms with Crippen molar-refractivity contribution >= 4 is 24.0 Å². The Bertz CT molecular complexity index is 1180. The SMILES string of the molecule is COC(=O)C(Cc1ccccc1)NC(=O)N(CCC#N)CCCCN(CCC#N)C(=O)NC(Cc1ccccc1)C(=O)OC. The lowest BCUT2D eigenvalue weighted by molar-refractivity contribution is -0.143. The van der Waals surface area contributed by atoms with E-state index in [9.17, 15) is 19.2 Å². The highest BCUT2D eigenvalue weighted by atomic mass is 16.5. The van der Waals surface area contributed by atoms with Crippen LogP contribution in [0.4, 0.5) is 9.59 Å². The summed E-state index contributed by atoms with van der Waals surface area (Å²) in [6, 6.07) is 19.7. The summed E-state index contributed by atoms with van der Waals surface area (Å²) < 4.78 is 9.78. The van der Waals surface area contributed by atoms with E-state index in [4.69, 9.17) is 20.0 Å². The smallest absolute Gasteiger partial charge is 0.328 e. The highest BCUT2D eigenvalue weighted by Gasteiger charge is 2.26. The van der Waals surface area contributed by atoms with Gasteiger partial charge in [0.2, 0.25) is 0 Å². The van der Waals surface area contributed by atoms with Crippen LogP contribution in [0.3, 0.4) is 0 Å². The number of esters is 2. The minimum absolute atomic E-state index is 0.0992. The lowest BCUT2D eigenvalue weighted by atomic mass is 10.1. The van der Waals surface area contributed by atoms with Crippen molar-refractivity contribution in [3.8, 4) is 12.1 Å². The zero-order valence-corrected chi connectivity index (χ0v) is 25.2. The van der Waals surface area contributed by atoms with Crippen molar-refractivity contribution in [2.75, 3.05) is 40.4 Å². The molecule has 4 amide bonds. The number of carbonyl (C=O) groups excluding carboxylic acids is 4. The molecule has 0 heterocycles. The number of nitriles is 2. The van der Waals surface area contributed by atoms with Crippen LogP contribution in [0.2, 0.25) is 0 Å². The average Bonchev–Trinajstić information content (AvgIpc) is 3.05. The van der Waals surface area contributed by atoms with Crippen LogP contribution < -0.4 is 10.6 Å². The zero-order valence-electron chi connectivity index (χ0n) is 25.2. The predicted molar refractivity (Wildman–Crippen MR) is 162 cm³/mol. The highest BCUT2D eigenvalue weighted by Crippen LogP contribution is 2.09. The van der Waals surface area contributed by atoms with Crippen molar-refractivity contribution in [2.45, 2.75) is 50.6 Å². The molecule has 2 rings (SSSR count). The first-order valence-electron chi connectivity index (χ1n) is 14.4. The standard InChI is InChI=1S/C32H40N6O6/c1-43-29(39)27(23-25-13-5-3-6-14-25)35-31(41)37(21-11-17-33)19-9-10-20-38(22-12-18-34)32(42)36-28(30(40)44-2)24-26-15-7-4-8-16-26/h3-8,13-16,27-28H,9-12,19-24H2,1-2H3,(H,35,41)(H,36,42). The third-order valence-corrected chi connectivity index (χ3v) is 6.80. The number of methoxy groups -OCH3 is 2. The third-order valence-electron chi connectivity index (χ3n) is 6.80. The van der Waals surface area contributed by atoms with E-state index in [1.165, 1.54) is 24.0 Å². The van der Waals surface area contributed by atoms with E-state index in [1.54, 1.807) is 0 Å². The normalized spacial score (nSPS) is 11.5. The second-order valence-electron chi connectivity index (χ2n) is 9.93. The molecule has 0 saturated carbocycles. The molecule has 0 bridgehead atoms. The van der Waals surface area contributed by atoms with Crippen LogP contribution in [0, 0.1) is 22.7 Å². The maximum absolute atomic E-state index is 13.2. The van der Waals surface area contributed by atoms with Crippen molar-refractivity contribution in [2.24, 2.45) is 0 Å². The molecule has 0 spiro atoms. The topological polar surface area (TPSA) is 165 Å². The van der Waals surface area contributed by atoms with Crippen molar-refractivity contribution in [3.05, 3.63) is 71.8 Å². The number of benzene rings is 2. The molecular formula is C32H40N6O6. The van der Waals surface area contributed by atoms with Gasteiger partial charge in [0.05, 0.1) is 39.2 Å². The Labute approximate surface area is 258 Å². The van der Waals surface area contributed by atoms with E-state index in [-0.39, 0.29) is 51.9 Å². The van der Waals surface area contributed by atoms with Crippen LogP contribution in [0.15, 0.2) is 60.7 Å². The first kappa shape index (κ1) is 35.1. The molecule has 0 saturated heterocycles. The second-order valence-corrected chi connectivity index (χ2v) is 9.93. The van der Waals surface area contributed by atoms with Crippen molar-refractivity contribution < 1.29 is 28.7 Å². The monoisotopic (exact) mass is 604 g/mol. The van der Waals surface area contributed by atoms with E-state index < -0.39 is 36.1 Å². The van der Waals surface area contributed by atoms with Gasteiger partial charge in [0.1, 0.15) is 12.1 Å². The average molecular weight is 605 g/mol. The molecule has 0 radical (unpaired) electrons. The van der Waals surface area contributed by atoms with E-state index in [0.29, 0.717) is 12.8 Å². The van der Waals surface area contributed by atoms with Gasteiger partial charge in [0, 0.05) is 39.0 Å². The summed E-state index contributed by atoms with van der Waals surface area (Å²) in [5.74, 6) is -1.17. The molecule has 234 valence electrons.